The molecular formula is C18H32O3. The normalized spacial score (nSPS) is 33.6. The third kappa shape index (κ3) is 5.28. The molecule has 3 heteroatoms. The van der Waals surface area contributed by atoms with Crippen molar-refractivity contribution in [1.29, 1.82) is 0 Å². The first kappa shape index (κ1) is 16.8. The molecule has 2 aliphatic rings. The molecule has 0 heterocycles. The van der Waals surface area contributed by atoms with Gasteiger partial charge in [0.2, 0.25) is 0 Å². The van der Waals surface area contributed by atoms with Crippen molar-refractivity contribution in [2.45, 2.75) is 90.3 Å². The summed E-state index contributed by atoms with van der Waals surface area (Å²) in [6.07, 6.45) is 11.4. The van der Waals surface area contributed by atoms with Gasteiger partial charge in [0, 0.05) is 6.61 Å². The van der Waals surface area contributed by atoms with Crippen molar-refractivity contribution >= 4 is 5.97 Å². The second-order valence-corrected chi connectivity index (χ2v) is 6.83. The molecule has 2 aliphatic carbocycles. The minimum absolute atomic E-state index is 0.0717. The molecule has 0 saturated heterocycles. The van der Waals surface area contributed by atoms with Gasteiger partial charge in [0.25, 0.3) is 0 Å². The van der Waals surface area contributed by atoms with Gasteiger partial charge in [0.1, 0.15) is 6.10 Å². The molecule has 122 valence electrons. The van der Waals surface area contributed by atoms with Crippen LogP contribution < -0.4 is 0 Å². The highest BCUT2D eigenvalue weighted by Crippen LogP contribution is 2.32. The van der Waals surface area contributed by atoms with Crippen LogP contribution in [0.25, 0.3) is 0 Å². The molecule has 0 bridgehead atoms. The van der Waals surface area contributed by atoms with Crippen molar-refractivity contribution in [3.05, 3.63) is 0 Å². The first-order valence-electron chi connectivity index (χ1n) is 9.05. The zero-order valence-electron chi connectivity index (χ0n) is 13.8. The van der Waals surface area contributed by atoms with Gasteiger partial charge in [0.05, 0.1) is 12.0 Å². The standard InChI is InChI=1S/C18H32O3/c1-3-13-20-16-9-11-17(12-10-16)21-18(19)15-7-5-14(4-2)6-8-15/h14-17H,3-13H2,1-2H3. The maximum absolute atomic E-state index is 12.3. The Morgan fingerprint density at radius 2 is 1.52 bits per heavy atom. The molecule has 21 heavy (non-hydrogen) atoms. The largest absolute Gasteiger partial charge is 0.462 e. The lowest BCUT2D eigenvalue weighted by atomic mass is 9.81. The Hall–Kier alpha value is -0.570. The number of carbonyl (C=O) groups is 1. The van der Waals surface area contributed by atoms with E-state index in [2.05, 4.69) is 13.8 Å². The predicted molar refractivity (Wildman–Crippen MR) is 84.1 cm³/mol. The molecule has 0 radical (unpaired) electrons. The second-order valence-electron chi connectivity index (χ2n) is 6.83. The van der Waals surface area contributed by atoms with Crippen LogP contribution in [0.5, 0.6) is 0 Å². The minimum Gasteiger partial charge on any atom is -0.462 e. The van der Waals surface area contributed by atoms with E-state index in [-0.39, 0.29) is 18.0 Å². The summed E-state index contributed by atoms with van der Waals surface area (Å²) in [5.41, 5.74) is 0. The van der Waals surface area contributed by atoms with Gasteiger partial charge in [-0.2, -0.15) is 0 Å². The second kappa shape index (κ2) is 8.77. The smallest absolute Gasteiger partial charge is 0.309 e. The molecule has 0 aromatic heterocycles. The van der Waals surface area contributed by atoms with Gasteiger partial charge in [-0.3, -0.25) is 4.79 Å². The first-order chi connectivity index (χ1) is 10.2. The monoisotopic (exact) mass is 296 g/mol. The van der Waals surface area contributed by atoms with Gasteiger partial charge < -0.3 is 9.47 Å². The molecule has 0 amide bonds. The highest BCUT2D eigenvalue weighted by molar-refractivity contribution is 5.72. The Morgan fingerprint density at radius 1 is 0.905 bits per heavy atom. The average Bonchev–Trinajstić information content (AvgIpc) is 2.54. The molecule has 2 saturated carbocycles. The number of hydrogen-bond acceptors (Lipinski definition) is 3. The van der Waals surface area contributed by atoms with Gasteiger partial charge in [-0.1, -0.05) is 20.3 Å². The van der Waals surface area contributed by atoms with Crippen molar-refractivity contribution in [2.75, 3.05) is 6.61 Å². The van der Waals surface area contributed by atoms with E-state index < -0.39 is 0 Å². The average molecular weight is 296 g/mol. The zero-order valence-corrected chi connectivity index (χ0v) is 13.8. The number of carbonyl (C=O) groups excluding carboxylic acids is 1. The van der Waals surface area contributed by atoms with E-state index >= 15 is 0 Å². The fraction of sp³-hybridized carbons (Fsp3) is 0.944. The quantitative estimate of drug-likeness (QED) is 0.678. The molecule has 2 fully saturated rings. The van der Waals surface area contributed by atoms with Gasteiger partial charge in [-0.05, 0) is 63.7 Å². The third-order valence-corrected chi connectivity index (χ3v) is 5.22. The molecule has 0 aliphatic heterocycles. The van der Waals surface area contributed by atoms with E-state index in [9.17, 15) is 4.79 Å². The molecule has 0 N–H and O–H groups in total. The molecule has 0 aromatic rings. The minimum atomic E-state index is 0.0717. The highest BCUT2D eigenvalue weighted by Gasteiger charge is 2.30. The van der Waals surface area contributed by atoms with Gasteiger partial charge >= 0.3 is 5.97 Å². The Morgan fingerprint density at radius 3 is 2.10 bits per heavy atom. The highest BCUT2D eigenvalue weighted by atomic mass is 16.5. The summed E-state index contributed by atoms with van der Waals surface area (Å²) in [5.74, 6) is 1.07. The van der Waals surface area contributed by atoms with Crippen LogP contribution in [-0.4, -0.2) is 24.8 Å². The SMILES string of the molecule is CCCOC1CCC(OC(=O)C2CCC(CC)CC2)CC1. The number of hydrogen-bond donors (Lipinski definition) is 0. The summed E-state index contributed by atoms with van der Waals surface area (Å²) < 4.78 is 11.5. The Kier molecular flexibility index (Phi) is 7.01. The van der Waals surface area contributed by atoms with E-state index in [1.165, 1.54) is 19.3 Å². The van der Waals surface area contributed by atoms with Crippen molar-refractivity contribution in [3.63, 3.8) is 0 Å². The van der Waals surface area contributed by atoms with E-state index in [1.54, 1.807) is 0 Å². The van der Waals surface area contributed by atoms with Crippen molar-refractivity contribution in [2.24, 2.45) is 11.8 Å². The van der Waals surface area contributed by atoms with Crippen LogP contribution in [-0.2, 0) is 14.3 Å². The van der Waals surface area contributed by atoms with Crippen molar-refractivity contribution in [3.8, 4) is 0 Å². The number of esters is 1. The number of ether oxygens (including phenoxy) is 2. The lowest BCUT2D eigenvalue weighted by molar-refractivity contribution is -0.158. The Balaban J connectivity index is 1.65. The molecule has 2 rings (SSSR count). The van der Waals surface area contributed by atoms with Crippen LogP contribution in [0, 0.1) is 11.8 Å². The molecule has 0 atom stereocenters. The van der Waals surface area contributed by atoms with Crippen molar-refractivity contribution < 1.29 is 14.3 Å². The van der Waals surface area contributed by atoms with E-state index in [0.717, 1.165) is 57.5 Å². The van der Waals surface area contributed by atoms with Crippen LogP contribution in [0.15, 0.2) is 0 Å². The lowest BCUT2D eigenvalue weighted by Gasteiger charge is -2.31. The third-order valence-electron chi connectivity index (χ3n) is 5.22. The summed E-state index contributed by atoms with van der Waals surface area (Å²) >= 11 is 0. The van der Waals surface area contributed by atoms with Crippen LogP contribution in [0.1, 0.15) is 78.1 Å². The number of rotatable bonds is 6. The van der Waals surface area contributed by atoms with Crippen LogP contribution in [0.4, 0.5) is 0 Å². The lowest BCUT2D eigenvalue weighted by Crippen LogP contribution is -2.32. The molecule has 0 unspecified atom stereocenters. The predicted octanol–water partition coefficient (Wildman–Crippen LogP) is 4.48. The zero-order chi connectivity index (χ0) is 15.1. The van der Waals surface area contributed by atoms with E-state index in [0.29, 0.717) is 6.10 Å². The van der Waals surface area contributed by atoms with Crippen LogP contribution in [0.3, 0.4) is 0 Å². The van der Waals surface area contributed by atoms with Crippen LogP contribution in [0.2, 0.25) is 0 Å². The first-order valence-corrected chi connectivity index (χ1v) is 9.05. The molecule has 3 nitrogen and oxygen atoms in total. The maximum Gasteiger partial charge on any atom is 0.309 e. The molecule has 0 spiro atoms. The van der Waals surface area contributed by atoms with Crippen LogP contribution >= 0.6 is 0 Å². The maximum atomic E-state index is 12.3. The fourth-order valence-corrected chi connectivity index (χ4v) is 3.67. The molecular weight excluding hydrogens is 264 g/mol. The summed E-state index contributed by atoms with van der Waals surface area (Å²) in [5, 5.41) is 0. The van der Waals surface area contributed by atoms with Gasteiger partial charge in [-0.15, -0.1) is 0 Å². The Labute approximate surface area is 129 Å². The van der Waals surface area contributed by atoms with E-state index in [1.807, 2.05) is 0 Å². The van der Waals surface area contributed by atoms with Gasteiger partial charge in [-0.25, -0.2) is 0 Å². The fourth-order valence-electron chi connectivity index (χ4n) is 3.67. The van der Waals surface area contributed by atoms with Gasteiger partial charge in [0.15, 0.2) is 0 Å². The summed E-state index contributed by atoms with van der Waals surface area (Å²) in [7, 11) is 0. The summed E-state index contributed by atoms with van der Waals surface area (Å²) in [6.45, 7) is 5.25. The van der Waals surface area contributed by atoms with E-state index in [4.69, 9.17) is 9.47 Å². The Bertz CT molecular complexity index is 300. The molecule has 0 aromatic carbocycles. The topological polar surface area (TPSA) is 35.5 Å². The van der Waals surface area contributed by atoms with Crippen molar-refractivity contribution in [1.82, 2.24) is 0 Å². The summed E-state index contributed by atoms with van der Waals surface area (Å²) in [6, 6.07) is 0. The summed E-state index contributed by atoms with van der Waals surface area (Å²) in [4.78, 5) is 12.3.